The molecule has 0 amide bonds. The quantitative estimate of drug-likeness (QED) is 0.401. The second-order valence-electron chi connectivity index (χ2n) is 6.83. The maximum atomic E-state index is 12.2. The Bertz CT molecular complexity index is 821. The van der Waals surface area contributed by atoms with E-state index in [1.54, 1.807) is 27.7 Å². The lowest BCUT2D eigenvalue weighted by atomic mass is 10.0. The summed E-state index contributed by atoms with van der Waals surface area (Å²) in [6.45, 7) is 14.5. The molecular formula is C22H24O6. The van der Waals surface area contributed by atoms with Gasteiger partial charge in [-0.25, -0.2) is 29.1 Å². The summed E-state index contributed by atoms with van der Waals surface area (Å²) in [4.78, 5) is 43.4. The summed E-state index contributed by atoms with van der Waals surface area (Å²) in [7, 11) is 0. The highest BCUT2D eigenvalue weighted by molar-refractivity contribution is 5.93. The monoisotopic (exact) mass is 384 g/mol. The van der Waals surface area contributed by atoms with Gasteiger partial charge in [0, 0.05) is 0 Å². The van der Waals surface area contributed by atoms with Crippen molar-refractivity contribution < 1.29 is 29.1 Å². The van der Waals surface area contributed by atoms with E-state index >= 15 is 0 Å². The lowest BCUT2D eigenvalue weighted by Crippen LogP contribution is -2.13. The van der Waals surface area contributed by atoms with Crippen molar-refractivity contribution >= 4 is 11.9 Å². The van der Waals surface area contributed by atoms with Gasteiger partial charge in [-0.15, -0.1) is 0 Å². The lowest BCUT2D eigenvalue weighted by molar-refractivity contribution is -0.317. The first-order valence-corrected chi connectivity index (χ1v) is 8.72. The van der Waals surface area contributed by atoms with Crippen molar-refractivity contribution in [2.45, 2.75) is 41.5 Å². The Morgan fingerprint density at radius 1 is 0.607 bits per heavy atom. The minimum atomic E-state index is -0.698. The Morgan fingerprint density at radius 3 is 1.18 bits per heavy atom. The average Bonchev–Trinajstić information content (AvgIpc) is 2.56. The van der Waals surface area contributed by atoms with Gasteiger partial charge in [0.1, 0.15) is 0 Å². The molecule has 0 saturated heterocycles. The fourth-order valence-corrected chi connectivity index (χ4v) is 3.27. The molecule has 0 aromatic heterocycles. The molecule has 0 aliphatic rings. The van der Waals surface area contributed by atoms with Crippen LogP contribution >= 0.6 is 0 Å². The van der Waals surface area contributed by atoms with E-state index < -0.39 is 17.9 Å². The number of hydrogen-bond donors (Lipinski definition) is 0. The SMILES string of the molecule is C=C(OOC(=O)c1c(C)cc(C)cc1C)OOC(=O)c1c(C)cc(C)cc1C. The third kappa shape index (κ3) is 4.91. The van der Waals surface area contributed by atoms with Crippen molar-refractivity contribution in [2.24, 2.45) is 0 Å². The predicted octanol–water partition coefficient (Wildman–Crippen LogP) is 4.89. The number of benzene rings is 2. The number of rotatable bonds is 6. The van der Waals surface area contributed by atoms with Crippen molar-refractivity contribution in [2.75, 3.05) is 0 Å². The van der Waals surface area contributed by atoms with Crippen LogP contribution in [0.3, 0.4) is 0 Å². The minimum Gasteiger partial charge on any atom is -0.243 e. The van der Waals surface area contributed by atoms with Gasteiger partial charge in [0.15, 0.2) is 0 Å². The summed E-state index contributed by atoms with van der Waals surface area (Å²) >= 11 is 0. The van der Waals surface area contributed by atoms with E-state index in [4.69, 9.17) is 19.6 Å². The maximum Gasteiger partial charge on any atom is 0.386 e. The highest BCUT2D eigenvalue weighted by atomic mass is 17.3. The van der Waals surface area contributed by atoms with E-state index in [1.165, 1.54) is 0 Å². The van der Waals surface area contributed by atoms with E-state index in [2.05, 4.69) is 6.58 Å². The second-order valence-corrected chi connectivity index (χ2v) is 6.83. The van der Waals surface area contributed by atoms with Gasteiger partial charge in [0.2, 0.25) is 0 Å². The summed E-state index contributed by atoms with van der Waals surface area (Å²) in [6, 6.07) is 7.46. The van der Waals surface area contributed by atoms with Gasteiger partial charge in [-0.05, 0) is 70.4 Å². The molecule has 0 heterocycles. The summed E-state index contributed by atoms with van der Waals surface area (Å²) in [5.74, 6) is -1.88. The molecule has 0 aliphatic heterocycles. The van der Waals surface area contributed by atoms with Crippen molar-refractivity contribution in [3.63, 3.8) is 0 Å². The smallest absolute Gasteiger partial charge is 0.243 e. The summed E-state index contributed by atoms with van der Waals surface area (Å²) in [5.41, 5.74) is 5.89. The maximum absolute atomic E-state index is 12.2. The third-order valence-electron chi connectivity index (χ3n) is 4.18. The third-order valence-corrected chi connectivity index (χ3v) is 4.18. The molecule has 0 radical (unpaired) electrons. The van der Waals surface area contributed by atoms with E-state index in [9.17, 15) is 9.59 Å². The number of carbonyl (C=O) groups is 2. The highest BCUT2D eigenvalue weighted by Gasteiger charge is 2.19. The minimum absolute atomic E-state index is 0.390. The molecule has 2 aromatic rings. The highest BCUT2D eigenvalue weighted by Crippen LogP contribution is 2.19. The van der Waals surface area contributed by atoms with Crippen LogP contribution < -0.4 is 0 Å². The molecule has 0 bridgehead atoms. The molecule has 0 spiro atoms. The predicted molar refractivity (Wildman–Crippen MR) is 103 cm³/mol. The topological polar surface area (TPSA) is 71.1 Å². The molecule has 0 saturated carbocycles. The van der Waals surface area contributed by atoms with Gasteiger partial charge in [0.05, 0.1) is 11.1 Å². The summed E-state index contributed by atoms with van der Waals surface area (Å²) in [6.07, 6.45) is 0. The van der Waals surface area contributed by atoms with Gasteiger partial charge in [-0.2, -0.15) is 0 Å². The van der Waals surface area contributed by atoms with Crippen LogP contribution in [0.15, 0.2) is 36.8 Å². The fraction of sp³-hybridized carbons (Fsp3) is 0.273. The number of hydrogen-bond acceptors (Lipinski definition) is 6. The molecule has 0 aliphatic carbocycles. The molecule has 28 heavy (non-hydrogen) atoms. The zero-order valence-electron chi connectivity index (χ0n) is 17.0. The van der Waals surface area contributed by atoms with Crippen LogP contribution in [0, 0.1) is 41.5 Å². The van der Waals surface area contributed by atoms with Crippen LogP contribution in [0.4, 0.5) is 0 Å². The molecule has 148 valence electrons. The van der Waals surface area contributed by atoms with Crippen LogP contribution in [0.1, 0.15) is 54.1 Å². The van der Waals surface area contributed by atoms with Crippen LogP contribution in [0.2, 0.25) is 0 Å². The normalized spacial score (nSPS) is 10.2. The Balaban J connectivity index is 1.93. The number of carbonyl (C=O) groups excluding carboxylic acids is 2. The Kier molecular flexibility index (Phi) is 6.46. The molecule has 6 nitrogen and oxygen atoms in total. The van der Waals surface area contributed by atoms with Gasteiger partial charge in [-0.1, -0.05) is 35.4 Å². The summed E-state index contributed by atoms with van der Waals surface area (Å²) in [5, 5.41) is 0. The van der Waals surface area contributed by atoms with Gasteiger partial charge >= 0.3 is 17.9 Å². The van der Waals surface area contributed by atoms with Crippen molar-refractivity contribution in [1.29, 1.82) is 0 Å². The lowest BCUT2D eigenvalue weighted by Gasteiger charge is -2.12. The van der Waals surface area contributed by atoms with Crippen LogP contribution in [0.5, 0.6) is 0 Å². The molecule has 0 atom stereocenters. The zero-order chi connectivity index (χ0) is 21.0. The molecule has 0 N–H and O–H groups in total. The zero-order valence-corrected chi connectivity index (χ0v) is 17.0. The first-order valence-electron chi connectivity index (χ1n) is 8.72. The Morgan fingerprint density at radius 2 is 0.893 bits per heavy atom. The second kappa shape index (κ2) is 8.61. The summed E-state index contributed by atoms with van der Waals surface area (Å²) < 4.78 is 0. The molecule has 2 aromatic carbocycles. The molecule has 0 unspecified atom stereocenters. The van der Waals surface area contributed by atoms with Crippen molar-refractivity contribution in [1.82, 2.24) is 0 Å². The molecule has 0 fully saturated rings. The first-order chi connectivity index (χ1) is 13.1. The first kappa shape index (κ1) is 21.0. The fourth-order valence-electron chi connectivity index (χ4n) is 3.27. The van der Waals surface area contributed by atoms with E-state index in [0.29, 0.717) is 11.1 Å². The van der Waals surface area contributed by atoms with E-state index in [-0.39, 0.29) is 0 Å². The Labute approximate surface area is 164 Å². The molecule has 6 heteroatoms. The van der Waals surface area contributed by atoms with Crippen molar-refractivity contribution in [3.8, 4) is 0 Å². The van der Waals surface area contributed by atoms with Crippen molar-refractivity contribution in [3.05, 3.63) is 81.3 Å². The number of aryl methyl sites for hydroxylation is 6. The Hall–Kier alpha value is -3.28. The van der Waals surface area contributed by atoms with Gasteiger partial charge in [-0.3, -0.25) is 0 Å². The average molecular weight is 384 g/mol. The van der Waals surface area contributed by atoms with E-state index in [1.807, 2.05) is 38.1 Å². The van der Waals surface area contributed by atoms with Gasteiger partial charge < -0.3 is 0 Å². The van der Waals surface area contributed by atoms with Crippen LogP contribution in [-0.2, 0) is 19.6 Å². The van der Waals surface area contributed by atoms with Gasteiger partial charge in [0.25, 0.3) is 0 Å². The van der Waals surface area contributed by atoms with E-state index in [0.717, 1.165) is 33.4 Å². The standard InChI is InChI=1S/C22H24O6/c1-12-8-14(3)19(15(4)9-12)21(23)27-25-18(7)26-28-22(24)20-16(5)10-13(2)11-17(20)6/h8-11H,7H2,1-6H3. The molecular weight excluding hydrogens is 360 g/mol. The van der Waals surface area contributed by atoms with Crippen LogP contribution in [-0.4, -0.2) is 11.9 Å². The largest absolute Gasteiger partial charge is 0.386 e. The molecule has 2 rings (SSSR count). The van der Waals surface area contributed by atoms with Crippen LogP contribution in [0.25, 0.3) is 0 Å².